The van der Waals surface area contributed by atoms with Gasteiger partial charge in [-0.05, 0) is 49.1 Å². The van der Waals surface area contributed by atoms with Crippen molar-refractivity contribution in [2.75, 3.05) is 19.5 Å². The number of allylic oxidation sites excluding steroid dienone is 2. The van der Waals surface area contributed by atoms with Crippen molar-refractivity contribution in [2.24, 2.45) is 17.8 Å². The number of nitrogens with zero attached hydrogens (tertiary/aromatic N) is 4. The lowest BCUT2D eigenvalue weighted by Crippen LogP contribution is -2.00. The molecule has 0 aliphatic carbocycles. The van der Waals surface area contributed by atoms with E-state index >= 15 is 0 Å². The maximum atomic E-state index is 6.07. The quantitative estimate of drug-likeness (QED) is 0.408. The van der Waals surface area contributed by atoms with Crippen LogP contribution >= 0.6 is 0 Å². The highest BCUT2D eigenvalue weighted by atomic mass is 16.5. The van der Waals surface area contributed by atoms with Crippen LogP contribution in [0.1, 0.15) is 18.3 Å². The van der Waals surface area contributed by atoms with E-state index in [0.717, 1.165) is 61.9 Å². The second-order valence-corrected chi connectivity index (χ2v) is 7.91. The zero-order valence-corrected chi connectivity index (χ0v) is 19.5. The van der Waals surface area contributed by atoms with Crippen molar-refractivity contribution < 1.29 is 4.74 Å². The van der Waals surface area contributed by atoms with Crippen molar-refractivity contribution in [1.29, 1.82) is 0 Å². The van der Waals surface area contributed by atoms with Gasteiger partial charge in [0.1, 0.15) is 17.4 Å². The van der Waals surface area contributed by atoms with Gasteiger partial charge in [0.2, 0.25) is 0 Å². The zero-order valence-electron chi connectivity index (χ0n) is 19.5. The fraction of sp³-hybridized carbons (Fsp3) is 0.192. The van der Waals surface area contributed by atoms with E-state index in [2.05, 4.69) is 30.9 Å². The van der Waals surface area contributed by atoms with Crippen LogP contribution in [0.15, 0.2) is 65.5 Å². The summed E-state index contributed by atoms with van der Waals surface area (Å²) >= 11 is 0. The molecule has 0 bridgehead atoms. The number of methoxy groups -OCH3 is 1. The Morgan fingerprint density at radius 3 is 2.58 bits per heavy atom. The van der Waals surface area contributed by atoms with Crippen LogP contribution in [-0.4, -0.2) is 34.9 Å². The number of rotatable bonds is 6. The molecule has 0 atom stereocenters. The van der Waals surface area contributed by atoms with Gasteiger partial charge in [-0.3, -0.25) is 4.99 Å². The minimum atomic E-state index is 0.723. The molecular formula is C26H28N6O. The Balaban J connectivity index is 1.68. The molecule has 0 spiro atoms. The Morgan fingerprint density at radius 1 is 1.09 bits per heavy atom. The highest BCUT2D eigenvalue weighted by Crippen LogP contribution is 2.33. The predicted molar refractivity (Wildman–Crippen MR) is 136 cm³/mol. The summed E-state index contributed by atoms with van der Waals surface area (Å²) in [6.07, 6.45) is 5.51. The van der Waals surface area contributed by atoms with Crippen LogP contribution in [0.2, 0.25) is 0 Å². The molecule has 0 saturated heterocycles. The van der Waals surface area contributed by atoms with Gasteiger partial charge in [0.05, 0.1) is 24.7 Å². The standard InChI is InChI=1S/C26H28N6O/c1-16(27)22(14-28-3)18-6-7-20-13-30-26(12-21(20)10-18)31-23-9-8-19(11-25(23)33-5)24-15-29-17(2)32(24)4/h6-15H,27H2,1-5H3,(H,30,31). The Hall–Kier alpha value is -4.13. The molecule has 7 nitrogen and oxygen atoms in total. The van der Waals surface area contributed by atoms with Crippen LogP contribution < -0.4 is 15.8 Å². The lowest BCUT2D eigenvalue weighted by molar-refractivity contribution is 0.417. The first-order chi connectivity index (χ1) is 15.9. The van der Waals surface area contributed by atoms with E-state index in [1.54, 1.807) is 20.4 Å². The molecule has 168 valence electrons. The van der Waals surface area contributed by atoms with E-state index in [0.29, 0.717) is 0 Å². The van der Waals surface area contributed by atoms with Crippen LogP contribution in [0.3, 0.4) is 0 Å². The number of imidazole rings is 1. The van der Waals surface area contributed by atoms with Crippen LogP contribution in [0.25, 0.3) is 27.6 Å². The first-order valence-corrected chi connectivity index (χ1v) is 10.6. The predicted octanol–water partition coefficient (Wildman–Crippen LogP) is 5.09. The van der Waals surface area contributed by atoms with Crippen molar-refractivity contribution in [3.05, 3.63) is 71.9 Å². The van der Waals surface area contributed by atoms with Gasteiger partial charge in [-0.25, -0.2) is 9.97 Å². The first kappa shape index (κ1) is 22.1. The molecule has 3 N–H and O–H groups in total. The van der Waals surface area contributed by atoms with Gasteiger partial charge in [-0.2, -0.15) is 0 Å². The molecule has 0 radical (unpaired) electrons. The van der Waals surface area contributed by atoms with E-state index in [1.165, 1.54) is 0 Å². The number of benzene rings is 2. The molecule has 0 unspecified atom stereocenters. The van der Waals surface area contributed by atoms with E-state index in [1.807, 2.05) is 69.7 Å². The summed E-state index contributed by atoms with van der Waals surface area (Å²) in [4.78, 5) is 13.1. The molecule has 0 amide bonds. The number of hydrogen-bond acceptors (Lipinski definition) is 6. The summed E-state index contributed by atoms with van der Waals surface area (Å²) in [5.74, 6) is 2.41. The second kappa shape index (κ2) is 9.16. The van der Waals surface area contributed by atoms with E-state index < -0.39 is 0 Å². The molecule has 0 aliphatic rings. The number of aromatic nitrogens is 3. The van der Waals surface area contributed by atoms with Crippen molar-refractivity contribution in [1.82, 2.24) is 14.5 Å². The monoisotopic (exact) mass is 440 g/mol. The Kier molecular flexibility index (Phi) is 6.13. The highest BCUT2D eigenvalue weighted by molar-refractivity contribution is 6.11. The van der Waals surface area contributed by atoms with Crippen LogP contribution in [0.5, 0.6) is 5.75 Å². The molecule has 7 heteroatoms. The molecule has 4 rings (SSSR count). The topological polar surface area (TPSA) is 90.4 Å². The first-order valence-electron chi connectivity index (χ1n) is 10.6. The third-order valence-corrected chi connectivity index (χ3v) is 5.70. The molecule has 0 fully saturated rings. The number of pyridine rings is 1. The second-order valence-electron chi connectivity index (χ2n) is 7.91. The van der Waals surface area contributed by atoms with E-state index in [-0.39, 0.29) is 0 Å². The number of hydrogen-bond donors (Lipinski definition) is 2. The zero-order chi connectivity index (χ0) is 23.5. The summed E-state index contributed by atoms with van der Waals surface area (Å²) < 4.78 is 7.72. The molecule has 2 aromatic heterocycles. The summed E-state index contributed by atoms with van der Waals surface area (Å²) in [6, 6.07) is 14.2. The molecule has 0 saturated carbocycles. The fourth-order valence-corrected chi connectivity index (χ4v) is 3.77. The SMILES string of the molecule is CN=CC(=C(C)N)c1ccc2cnc(Nc3ccc(-c4cnc(C)n4C)cc3OC)cc2c1. The summed E-state index contributed by atoms with van der Waals surface area (Å²) in [5, 5.41) is 5.48. The van der Waals surface area contributed by atoms with Gasteiger partial charge >= 0.3 is 0 Å². The number of ether oxygens (including phenoxy) is 1. The van der Waals surface area contributed by atoms with Gasteiger partial charge in [0.25, 0.3) is 0 Å². The molecule has 4 aromatic rings. The minimum Gasteiger partial charge on any atom is -0.495 e. The smallest absolute Gasteiger partial charge is 0.143 e. The third-order valence-electron chi connectivity index (χ3n) is 5.70. The number of fused-ring (bicyclic) bond motifs is 1. The number of anilines is 2. The molecule has 2 heterocycles. The number of aryl methyl sites for hydroxylation is 1. The summed E-state index contributed by atoms with van der Waals surface area (Å²) in [6.45, 7) is 3.86. The van der Waals surface area contributed by atoms with Crippen LogP contribution in [0, 0.1) is 6.92 Å². The van der Waals surface area contributed by atoms with Gasteiger partial charge < -0.3 is 20.4 Å². The normalized spacial score (nSPS) is 12.3. The van der Waals surface area contributed by atoms with Crippen LogP contribution in [-0.2, 0) is 7.05 Å². The van der Waals surface area contributed by atoms with Gasteiger partial charge in [-0.1, -0.05) is 18.2 Å². The van der Waals surface area contributed by atoms with Gasteiger partial charge in [0, 0.05) is 48.7 Å². The number of nitrogens with one attached hydrogen (secondary N) is 1. The average Bonchev–Trinajstić information content (AvgIpc) is 3.15. The molecule has 2 aromatic carbocycles. The lowest BCUT2D eigenvalue weighted by Gasteiger charge is -2.13. The van der Waals surface area contributed by atoms with Gasteiger partial charge in [0.15, 0.2) is 0 Å². The average molecular weight is 441 g/mol. The minimum absolute atomic E-state index is 0.723. The summed E-state index contributed by atoms with van der Waals surface area (Å²) in [5.41, 5.74) is 11.6. The molecule has 33 heavy (non-hydrogen) atoms. The maximum absolute atomic E-state index is 6.07. The largest absolute Gasteiger partial charge is 0.495 e. The molecular weight excluding hydrogens is 412 g/mol. The third kappa shape index (κ3) is 4.43. The maximum Gasteiger partial charge on any atom is 0.143 e. The Labute approximate surface area is 193 Å². The Bertz CT molecular complexity index is 1380. The highest BCUT2D eigenvalue weighted by Gasteiger charge is 2.11. The van der Waals surface area contributed by atoms with Crippen LogP contribution in [0.4, 0.5) is 11.5 Å². The molecule has 0 aliphatic heterocycles. The van der Waals surface area contributed by atoms with Gasteiger partial charge in [-0.15, -0.1) is 0 Å². The van der Waals surface area contributed by atoms with Crippen molar-refractivity contribution in [3.8, 4) is 17.0 Å². The van der Waals surface area contributed by atoms with E-state index in [9.17, 15) is 0 Å². The van der Waals surface area contributed by atoms with Crippen molar-refractivity contribution in [2.45, 2.75) is 13.8 Å². The lowest BCUT2D eigenvalue weighted by atomic mass is 10.0. The Morgan fingerprint density at radius 2 is 1.91 bits per heavy atom. The number of aliphatic imine (C=N–C) groups is 1. The fourth-order valence-electron chi connectivity index (χ4n) is 3.77. The van der Waals surface area contributed by atoms with E-state index in [4.69, 9.17) is 10.5 Å². The summed E-state index contributed by atoms with van der Waals surface area (Å²) in [7, 11) is 5.41. The van der Waals surface area contributed by atoms with Crippen molar-refractivity contribution >= 4 is 34.1 Å². The van der Waals surface area contributed by atoms with Crippen molar-refractivity contribution in [3.63, 3.8) is 0 Å². The number of nitrogens with two attached hydrogens (primary N) is 1.